The Hall–Kier alpha value is -1.26. The third kappa shape index (κ3) is 6.26. The molecule has 0 aliphatic heterocycles. The van der Waals surface area contributed by atoms with E-state index in [1.807, 2.05) is 26.0 Å². The lowest BCUT2D eigenvalue weighted by Gasteiger charge is -2.14. The Morgan fingerprint density at radius 1 is 1.00 bits per heavy atom. The molecule has 4 nitrogen and oxygen atoms in total. The summed E-state index contributed by atoms with van der Waals surface area (Å²) in [6.07, 6.45) is 0. The maximum absolute atomic E-state index is 5.70. The highest BCUT2D eigenvalue weighted by atomic mass is 16.5. The Morgan fingerprint density at radius 2 is 1.80 bits per heavy atom. The lowest BCUT2D eigenvalue weighted by atomic mass is 10.2. The Kier molecular flexibility index (Phi) is 8.07. The molecule has 0 atom stereocenters. The summed E-state index contributed by atoms with van der Waals surface area (Å²) in [6.45, 7) is 11.5. The average molecular weight is 281 g/mol. The molecular formula is C16H27NO3. The molecule has 114 valence electrons. The zero-order valence-electron chi connectivity index (χ0n) is 13.1. The topological polar surface area (TPSA) is 39.7 Å². The molecule has 0 amide bonds. The first-order valence-corrected chi connectivity index (χ1v) is 7.37. The summed E-state index contributed by atoms with van der Waals surface area (Å²) in [5.74, 6) is 1.58. The molecule has 1 aromatic carbocycles. The van der Waals surface area contributed by atoms with Crippen molar-refractivity contribution in [1.82, 2.24) is 5.32 Å². The number of rotatable bonds is 10. The van der Waals surface area contributed by atoms with Gasteiger partial charge in [0.25, 0.3) is 0 Å². The van der Waals surface area contributed by atoms with E-state index in [-0.39, 0.29) is 0 Å². The lowest BCUT2D eigenvalue weighted by Crippen LogP contribution is -2.21. The van der Waals surface area contributed by atoms with Crippen LogP contribution in [0.1, 0.15) is 33.3 Å². The molecule has 0 saturated heterocycles. The fourth-order valence-electron chi connectivity index (χ4n) is 1.73. The predicted molar refractivity (Wildman–Crippen MR) is 81.6 cm³/mol. The predicted octanol–water partition coefficient (Wildman–Crippen LogP) is 3.00. The van der Waals surface area contributed by atoms with Crippen LogP contribution in [0, 0.1) is 0 Å². The average Bonchev–Trinajstić information content (AvgIpc) is 2.43. The number of hydrogen-bond donors (Lipinski definition) is 1. The molecule has 0 fully saturated rings. The molecule has 1 rings (SSSR count). The third-order valence-electron chi connectivity index (χ3n) is 2.71. The highest BCUT2D eigenvalue weighted by Gasteiger charge is 2.07. The first kappa shape index (κ1) is 16.8. The first-order chi connectivity index (χ1) is 9.67. The first-order valence-electron chi connectivity index (χ1n) is 7.37. The second-order valence-corrected chi connectivity index (χ2v) is 4.80. The van der Waals surface area contributed by atoms with Gasteiger partial charge in [0.1, 0.15) is 6.61 Å². The van der Waals surface area contributed by atoms with Gasteiger partial charge in [-0.2, -0.15) is 0 Å². The van der Waals surface area contributed by atoms with Crippen LogP contribution in [0.15, 0.2) is 18.2 Å². The summed E-state index contributed by atoms with van der Waals surface area (Å²) in [5, 5.41) is 3.39. The summed E-state index contributed by atoms with van der Waals surface area (Å²) in [4.78, 5) is 0. The van der Waals surface area contributed by atoms with Crippen molar-refractivity contribution in [2.24, 2.45) is 0 Å². The number of ether oxygens (including phenoxy) is 3. The molecule has 0 saturated carbocycles. The van der Waals surface area contributed by atoms with E-state index in [0.29, 0.717) is 32.5 Å². The standard InChI is InChI=1S/C16H27NO3/c1-5-18-9-10-20-15-8-7-14(12-17-13(3)4)11-16(15)19-6-2/h7-8,11,13,17H,5-6,9-10,12H2,1-4H3. The minimum Gasteiger partial charge on any atom is -0.490 e. The Balaban J connectivity index is 2.63. The van der Waals surface area contributed by atoms with Gasteiger partial charge in [0.15, 0.2) is 11.5 Å². The molecule has 1 N–H and O–H groups in total. The monoisotopic (exact) mass is 281 g/mol. The summed E-state index contributed by atoms with van der Waals surface area (Å²) in [7, 11) is 0. The Morgan fingerprint density at radius 3 is 2.45 bits per heavy atom. The second-order valence-electron chi connectivity index (χ2n) is 4.80. The van der Waals surface area contributed by atoms with Crippen LogP contribution in [0.2, 0.25) is 0 Å². The van der Waals surface area contributed by atoms with Gasteiger partial charge < -0.3 is 19.5 Å². The molecule has 0 aromatic heterocycles. The maximum Gasteiger partial charge on any atom is 0.161 e. The number of nitrogens with one attached hydrogen (secondary N) is 1. The van der Waals surface area contributed by atoms with Crippen molar-refractivity contribution < 1.29 is 14.2 Å². The van der Waals surface area contributed by atoms with Crippen LogP contribution >= 0.6 is 0 Å². The van der Waals surface area contributed by atoms with Crippen LogP contribution in [0.4, 0.5) is 0 Å². The highest BCUT2D eigenvalue weighted by Crippen LogP contribution is 2.28. The summed E-state index contributed by atoms with van der Waals surface area (Å²) in [6, 6.07) is 6.53. The molecule has 0 aliphatic rings. The van der Waals surface area contributed by atoms with E-state index in [9.17, 15) is 0 Å². The molecule has 0 unspecified atom stereocenters. The summed E-state index contributed by atoms with van der Waals surface area (Å²) >= 11 is 0. The van der Waals surface area contributed by atoms with Gasteiger partial charge in [0.05, 0.1) is 13.2 Å². The molecule has 20 heavy (non-hydrogen) atoms. The molecular weight excluding hydrogens is 254 g/mol. The Labute approximate surface area is 122 Å². The fourth-order valence-corrected chi connectivity index (χ4v) is 1.73. The lowest BCUT2D eigenvalue weighted by molar-refractivity contribution is 0.108. The van der Waals surface area contributed by atoms with Crippen LogP contribution in [0.25, 0.3) is 0 Å². The molecule has 4 heteroatoms. The number of benzene rings is 1. The molecule has 1 aromatic rings. The van der Waals surface area contributed by atoms with E-state index < -0.39 is 0 Å². The minimum atomic E-state index is 0.465. The zero-order valence-corrected chi connectivity index (χ0v) is 13.1. The van der Waals surface area contributed by atoms with Gasteiger partial charge in [-0.1, -0.05) is 19.9 Å². The van der Waals surface area contributed by atoms with Crippen molar-refractivity contribution in [3.8, 4) is 11.5 Å². The van der Waals surface area contributed by atoms with Gasteiger partial charge in [-0.15, -0.1) is 0 Å². The SMILES string of the molecule is CCOCCOc1ccc(CNC(C)C)cc1OCC. The van der Waals surface area contributed by atoms with Crippen LogP contribution < -0.4 is 14.8 Å². The van der Waals surface area contributed by atoms with E-state index >= 15 is 0 Å². The van der Waals surface area contributed by atoms with Crippen LogP contribution in [0.5, 0.6) is 11.5 Å². The van der Waals surface area contributed by atoms with Gasteiger partial charge in [-0.05, 0) is 31.5 Å². The normalized spacial score (nSPS) is 10.8. The van der Waals surface area contributed by atoms with Crippen LogP contribution in [-0.2, 0) is 11.3 Å². The van der Waals surface area contributed by atoms with Crippen molar-refractivity contribution in [2.45, 2.75) is 40.3 Å². The molecule has 0 aliphatic carbocycles. The van der Waals surface area contributed by atoms with Gasteiger partial charge in [-0.25, -0.2) is 0 Å². The maximum atomic E-state index is 5.70. The smallest absolute Gasteiger partial charge is 0.161 e. The molecule has 0 bridgehead atoms. The summed E-state index contributed by atoms with van der Waals surface area (Å²) < 4.78 is 16.6. The minimum absolute atomic E-state index is 0.465. The summed E-state index contributed by atoms with van der Waals surface area (Å²) in [5.41, 5.74) is 1.19. The molecule has 0 spiro atoms. The van der Waals surface area contributed by atoms with E-state index in [4.69, 9.17) is 14.2 Å². The third-order valence-corrected chi connectivity index (χ3v) is 2.71. The van der Waals surface area contributed by atoms with Crippen molar-refractivity contribution in [1.29, 1.82) is 0 Å². The Bertz CT molecular complexity index is 380. The van der Waals surface area contributed by atoms with Gasteiger partial charge in [0, 0.05) is 19.2 Å². The fraction of sp³-hybridized carbons (Fsp3) is 0.625. The molecule has 0 radical (unpaired) electrons. The van der Waals surface area contributed by atoms with Crippen molar-refractivity contribution in [3.63, 3.8) is 0 Å². The molecule has 0 heterocycles. The van der Waals surface area contributed by atoms with Crippen LogP contribution in [0.3, 0.4) is 0 Å². The van der Waals surface area contributed by atoms with E-state index in [1.165, 1.54) is 5.56 Å². The number of hydrogen-bond acceptors (Lipinski definition) is 4. The van der Waals surface area contributed by atoms with Crippen molar-refractivity contribution >= 4 is 0 Å². The van der Waals surface area contributed by atoms with Gasteiger partial charge >= 0.3 is 0 Å². The quantitative estimate of drug-likeness (QED) is 0.669. The van der Waals surface area contributed by atoms with E-state index in [1.54, 1.807) is 0 Å². The van der Waals surface area contributed by atoms with E-state index in [0.717, 1.165) is 18.0 Å². The van der Waals surface area contributed by atoms with Crippen molar-refractivity contribution in [3.05, 3.63) is 23.8 Å². The van der Waals surface area contributed by atoms with Crippen LogP contribution in [-0.4, -0.2) is 32.5 Å². The largest absolute Gasteiger partial charge is 0.490 e. The van der Waals surface area contributed by atoms with Gasteiger partial charge in [0.2, 0.25) is 0 Å². The zero-order chi connectivity index (χ0) is 14.8. The van der Waals surface area contributed by atoms with E-state index in [2.05, 4.69) is 25.2 Å². The highest BCUT2D eigenvalue weighted by molar-refractivity contribution is 5.43. The van der Waals surface area contributed by atoms with Gasteiger partial charge in [-0.3, -0.25) is 0 Å². The van der Waals surface area contributed by atoms with Crippen molar-refractivity contribution in [2.75, 3.05) is 26.4 Å². The second kappa shape index (κ2) is 9.61.